The molecule has 2 N–H and O–H groups in total. The second-order valence-electron chi connectivity index (χ2n) is 6.71. The van der Waals surface area contributed by atoms with Crippen molar-refractivity contribution >= 4 is 35.8 Å². The van der Waals surface area contributed by atoms with Crippen molar-refractivity contribution in [3.05, 3.63) is 53.3 Å². The summed E-state index contributed by atoms with van der Waals surface area (Å²) >= 11 is 0. The molecule has 0 saturated heterocycles. The van der Waals surface area contributed by atoms with Crippen LogP contribution in [0.25, 0.3) is 0 Å². The van der Waals surface area contributed by atoms with E-state index in [0.29, 0.717) is 12.5 Å². The zero-order chi connectivity index (χ0) is 19.8. The van der Waals surface area contributed by atoms with Crippen LogP contribution in [-0.4, -0.2) is 47.2 Å². The van der Waals surface area contributed by atoms with Crippen molar-refractivity contribution < 1.29 is 4.79 Å². The molecule has 0 aliphatic carbocycles. The minimum atomic E-state index is -0.00695. The zero-order valence-corrected chi connectivity index (χ0v) is 19.6. The number of halogens is 1. The number of carbonyl (C=O) groups is 1. The van der Waals surface area contributed by atoms with Crippen molar-refractivity contribution in [2.45, 2.75) is 32.9 Å². The lowest BCUT2D eigenvalue weighted by Crippen LogP contribution is -2.43. The van der Waals surface area contributed by atoms with Crippen molar-refractivity contribution in [2.24, 2.45) is 12.0 Å². The summed E-state index contributed by atoms with van der Waals surface area (Å²) in [5.74, 6) is 0.597. The van der Waals surface area contributed by atoms with E-state index in [1.807, 2.05) is 36.1 Å². The van der Waals surface area contributed by atoms with E-state index in [9.17, 15) is 4.79 Å². The fourth-order valence-corrected chi connectivity index (χ4v) is 2.68. The van der Waals surface area contributed by atoms with E-state index < -0.39 is 0 Å². The van der Waals surface area contributed by atoms with Gasteiger partial charge in [-0.25, -0.2) is 4.99 Å². The summed E-state index contributed by atoms with van der Waals surface area (Å²) in [6, 6.07) is 10.2. The highest BCUT2D eigenvalue weighted by atomic mass is 127. The van der Waals surface area contributed by atoms with Gasteiger partial charge in [-0.3, -0.25) is 9.48 Å². The number of benzene rings is 1. The molecule has 154 valence electrons. The van der Waals surface area contributed by atoms with Gasteiger partial charge in [-0.05, 0) is 18.9 Å². The maximum atomic E-state index is 11.9. The Morgan fingerprint density at radius 3 is 2.57 bits per heavy atom. The first-order valence-corrected chi connectivity index (χ1v) is 9.22. The molecule has 1 atom stereocenters. The van der Waals surface area contributed by atoms with Crippen LogP contribution in [0.2, 0.25) is 0 Å². The lowest BCUT2D eigenvalue weighted by atomic mass is 10.1. The number of rotatable bonds is 7. The van der Waals surface area contributed by atoms with Gasteiger partial charge in [0.25, 0.3) is 0 Å². The Bertz CT molecular complexity index is 772. The van der Waals surface area contributed by atoms with E-state index in [1.165, 1.54) is 0 Å². The normalized spacial score (nSPS) is 12.1. The van der Waals surface area contributed by atoms with Crippen molar-refractivity contribution in [3.8, 4) is 0 Å². The molecular formula is C20H31IN6O. The topological polar surface area (TPSA) is 74.5 Å². The third-order valence-electron chi connectivity index (χ3n) is 4.29. The molecule has 0 aliphatic rings. The summed E-state index contributed by atoms with van der Waals surface area (Å²) < 4.78 is 1.81. The Morgan fingerprint density at radius 1 is 1.29 bits per heavy atom. The monoisotopic (exact) mass is 498 g/mol. The smallest absolute Gasteiger partial charge is 0.241 e. The predicted octanol–water partition coefficient (Wildman–Crippen LogP) is 2.49. The van der Waals surface area contributed by atoms with E-state index in [-0.39, 0.29) is 42.5 Å². The lowest BCUT2D eigenvalue weighted by molar-refractivity contribution is -0.127. The van der Waals surface area contributed by atoms with Crippen molar-refractivity contribution in [2.75, 3.05) is 20.6 Å². The van der Waals surface area contributed by atoms with Crippen LogP contribution in [0.1, 0.15) is 36.7 Å². The van der Waals surface area contributed by atoms with E-state index in [2.05, 4.69) is 46.7 Å². The van der Waals surface area contributed by atoms with Gasteiger partial charge in [-0.2, -0.15) is 5.10 Å². The number of aromatic nitrogens is 2. The molecule has 28 heavy (non-hydrogen) atoms. The molecule has 0 fully saturated rings. The first-order valence-electron chi connectivity index (χ1n) is 9.22. The number of hydrogen-bond donors (Lipinski definition) is 2. The highest BCUT2D eigenvalue weighted by molar-refractivity contribution is 14.0. The minimum absolute atomic E-state index is 0. The highest BCUT2D eigenvalue weighted by Crippen LogP contribution is 2.12. The van der Waals surface area contributed by atoms with Crippen molar-refractivity contribution in [1.82, 2.24) is 25.3 Å². The molecule has 2 aromatic rings. The second-order valence-corrected chi connectivity index (χ2v) is 6.71. The molecule has 7 nitrogen and oxygen atoms in total. The molecule has 0 radical (unpaired) electrons. The van der Waals surface area contributed by atoms with Crippen molar-refractivity contribution in [1.29, 1.82) is 0 Å². The summed E-state index contributed by atoms with van der Waals surface area (Å²) in [4.78, 5) is 18.2. The van der Waals surface area contributed by atoms with Crippen LogP contribution in [-0.2, 0) is 24.8 Å². The van der Waals surface area contributed by atoms with Crippen LogP contribution in [0.4, 0.5) is 0 Å². The Labute approximate surface area is 184 Å². The number of aryl methyl sites for hydroxylation is 2. The first-order chi connectivity index (χ1) is 12.9. The average molecular weight is 498 g/mol. The van der Waals surface area contributed by atoms with E-state index in [4.69, 9.17) is 0 Å². The fourth-order valence-electron chi connectivity index (χ4n) is 2.68. The summed E-state index contributed by atoms with van der Waals surface area (Å²) in [7, 11) is 5.39. The van der Waals surface area contributed by atoms with Gasteiger partial charge in [-0.1, -0.05) is 37.3 Å². The number of nitrogens with one attached hydrogen (secondary N) is 2. The van der Waals surface area contributed by atoms with Crippen LogP contribution >= 0.6 is 24.0 Å². The maximum absolute atomic E-state index is 11.9. The Kier molecular flexibility index (Phi) is 9.98. The molecule has 8 heteroatoms. The van der Waals surface area contributed by atoms with E-state index >= 15 is 0 Å². The Hall–Kier alpha value is -2.10. The van der Waals surface area contributed by atoms with Crippen molar-refractivity contribution in [3.63, 3.8) is 0 Å². The van der Waals surface area contributed by atoms with Gasteiger partial charge in [0.05, 0.1) is 24.8 Å². The fraction of sp³-hybridized carbons (Fsp3) is 0.450. The van der Waals surface area contributed by atoms with Crippen LogP contribution in [0.15, 0.2) is 41.5 Å². The third-order valence-corrected chi connectivity index (χ3v) is 4.29. The lowest BCUT2D eigenvalue weighted by Gasteiger charge is -2.19. The molecule has 1 amide bonds. The molecule has 1 aromatic heterocycles. The second kappa shape index (κ2) is 11.7. The Morgan fingerprint density at radius 2 is 1.96 bits per heavy atom. The number of likely N-dealkylation sites (N-methyl/N-ethyl adjacent to an activating group) is 1. The van der Waals surface area contributed by atoms with Gasteiger partial charge in [-0.15, -0.1) is 24.0 Å². The summed E-state index contributed by atoms with van der Waals surface area (Å²) in [6.07, 6.45) is 2.85. The van der Waals surface area contributed by atoms with Crippen LogP contribution in [0.5, 0.6) is 0 Å². The maximum Gasteiger partial charge on any atom is 0.241 e. The van der Waals surface area contributed by atoms with Crippen LogP contribution < -0.4 is 10.6 Å². The number of nitrogens with zero attached hydrogens (tertiary/aromatic N) is 4. The molecule has 0 spiro atoms. The Balaban J connectivity index is 0.00000392. The number of amides is 1. The molecule has 1 unspecified atom stereocenters. The summed E-state index contributed by atoms with van der Waals surface area (Å²) in [6.45, 7) is 4.85. The molecule has 2 rings (SSSR count). The number of hydrogen-bond acceptors (Lipinski definition) is 3. The highest BCUT2D eigenvalue weighted by Gasteiger charge is 2.11. The van der Waals surface area contributed by atoms with E-state index in [0.717, 1.165) is 23.2 Å². The molecule has 1 heterocycles. The van der Waals surface area contributed by atoms with Crippen LogP contribution in [0, 0.1) is 0 Å². The molecule has 0 bridgehead atoms. The number of guanidine groups is 1. The molecule has 0 saturated carbocycles. The number of carbonyl (C=O) groups excluding carboxylic acids is 1. The largest absolute Gasteiger partial charge is 0.350 e. The molecule has 0 aliphatic heterocycles. The molecular weight excluding hydrogens is 467 g/mol. The quantitative estimate of drug-likeness (QED) is 0.350. The predicted molar refractivity (Wildman–Crippen MR) is 124 cm³/mol. The van der Waals surface area contributed by atoms with Gasteiger partial charge < -0.3 is 15.5 Å². The first kappa shape index (κ1) is 23.9. The third kappa shape index (κ3) is 7.14. The summed E-state index contributed by atoms with van der Waals surface area (Å²) in [5, 5.41) is 11.0. The van der Waals surface area contributed by atoms with Gasteiger partial charge in [0, 0.05) is 32.9 Å². The minimum Gasteiger partial charge on any atom is -0.350 e. The van der Waals surface area contributed by atoms with Gasteiger partial charge >= 0.3 is 0 Å². The SMILES string of the molecule is CCc1nn(C)cc1CN=C(NCC(=O)N(C)C)NC(C)c1ccccc1.I. The summed E-state index contributed by atoms with van der Waals surface area (Å²) in [5.41, 5.74) is 3.29. The van der Waals surface area contributed by atoms with Gasteiger partial charge in [0.15, 0.2) is 5.96 Å². The van der Waals surface area contributed by atoms with E-state index in [1.54, 1.807) is 19.0 Å². The zero-order valence-electron chi connectivity index (χ0n) is 17.3. The average Bonchev–Trinajstić information content (AvgIpc) is 3.03. The number of aliphatic imine (C=N–C) groups is 1. The standard InChI is InChI=1S/C20H30N6O.HI/c1-6-18-17(14-26(5)24-18)12-21-20(22-13-19(27)25(3)4)23-15(2)16-10-8-7-9-11-16;/h7-11,14-15H,6,12-13H2,1-5H3,(H2,21,22,23);1H. The molecule has 1 aromatic carbocycles. The van der Waals surface area contributed by atoms with Gasteiger partial charge in [0.2, 0.25) is 5.91 Å². The van der Waals surface area contributed by atoms with Gasteiger partial charge in [0.1, 0.15) is 0 Å². The van der Waals surface area contributed by atoms with Crippen LogP contribution in [0.3, 0.4) is 0 Å².